The number of aromatic nitrogens is 3. The molecule has 0 aliphatic carbocycles. The van der Waals surface area contributed by atoms with Crippen LogP contribution in [0.4, 0.5) is 4.39 Å². The quantitative estimate of drug-likeness (QED) is 0.788. The van der Waals surface area contributed by atoms with E-state index < -0.39 is 11.8 Å². The topological polar surface area (TPSA) is 67.5 Å². The Kier molecular flexibility index (Phi) is 2.87. The van der Waals surface area contributed by atoms with Crippen LogP contribution in [0.25, 0.3) is 16.9 Å². The van der Waals surface area contributed by atoms with E-state index in [1.54, 1.807) is 6.07 Å². The molecule has 1 N–H and O–H groups in total. The highest BCUT2D eigenvalue weighted by molar-refractivity contribution is 6.33. The minimum absolute atomic E-state index is 0.106. The van der Waals surface area contributed by atoms with E-state index in [1.165, 1.54) is 29.1 Å². The lowest BCUT2D eigenvalue weighted by atomic mass is 10.1. The van der Waals surface area contributed by atoms with Crippen molar-refractivity contribution in [3.05, 3.63) is 53.3 Å². The molecule has 1 aromatic carbocycles. The molecule has 0 amide bonds. The van der Waals surface area contributed by atoms with Crippen LogP contribution in [0.15, 0.2) is 36.8 Å². The van der Waals surface area contributed by atoms with E-state index in [1.807, 2.05) is 0 Å². The third kappa shape index (κ3) is 1.90. The summed E-state index contributed by atoms with van der Waals surface area (Å²) in [5.74, 6) is -1.71. The van der Waals surface area contributed by atoms with Crippen LogP contribution in [-0.4, -0.2) is 25.4 Å². The van der Waals surface area contributed by atoms with Crippen LogP contribution in [0.5, 0.6) is 0 Å². The van der Waals surface area contributed by atoms with Crippen molar-refractivity contribution in [1.29, 1.82) is 0 Å². The molecule has 2 aromatic heterocycles. The summed E-state index contributed by atoms with van der Waals surface area (Å²) in [5, 5.41) is 9.58. The van der Waals surface area contributed by atoms with Crippen LogP contribution in [-0.2, 0) is 0 Å². The number of carbonyl (C=O) groups is 1. The molecular weight excluding hydrogens is 285 g/mol. The van der Waals surface area contributed by atoms with Gasteiger partial charge in [0, 0.05) is 11.8 Å². The largest absolute Gasteiger partial charge is 0.476 e. The highest BCUT2D eigenvalue weighted by Crippen LogP contribution is 2.31. The first-order chi connectivity index (χ1) is 9.58. The van der Waals surface area contributed by atoms with Gasteiger partial charge in [0.1, 0.15) is 23.5 Å². The average molecular weight is 292 g/mol. The first-order valence-corrected chi connectivity index (χ1v) is 5.96. The molecule has 0 aliphatic rings. The van der Waals surface area contributed by atoms with Crippen LogP contribution >= 0.6 is 11.6 Å². The molecular formula is C13H7ClFN3O2. The highest BCUT2D eigenvalue weighted by Gasteiger charge is 2.21. The van der Waals surface area contributed by atoms with Crippen molar-refractivity contribution in [2.24, 2.45) is 0 Å². The van der Waals surface area contributed by atoms with Crippen LogP contribution in [0.3, 0.4) is 0 Å². The second kappa shape index (κ2) is 4.57. The lowest BCUT2D eigenvalue weighted by molar-refractivity contribution is 0.0690. The van der Waals surface area contributed by atoms with Crippen molar-refractivity contribution in [2.45, 2.75) is 0 Å². The van der Waals surface area contributed by atoms with E-state index in [9.17, 15) is 14.3 Å². The van der Waals surface area contributed by atoms with Gasteiger partial charge in [-0.2, -0.15) is 0 Å². The zero-order valence-electron chi connectivity index (χ0n) is 9.92. The predicted molar refractivity (Wildman–Crippen MR) is 70.4 cm³/mol. The van der Waals surface area contributed by atoms with Gasteiger partial charge >= 0.3 is 5.97 Å². The second-order valence-corrected chi connectivity index (χ2v) is 4.45. The Morgan fingerprint density at radius 3 is 2.90 bits per heavy atom. The molecule has 2 heterocycles. The van der Waals surface area contributed by atoms with Gasteiger partial charge in [0.05, 0.1) is 5.02 Å². The van der Waals surface area contributed by atoms with Crippen molar-refractivity contribution in [3.8, 4) is 11.3 Å². The van der Waals surface area contributed by atoms with Gasteiger partial charge in [0.2, 0.25) is 0 Å². The molecule has 0 aliphatic heterocycles. The lowest BCUT2D eigenvalue weighted by Gasteiger charge is -2.03. The van der Waals surface area contributed by atoms with E-state index in [4.69, 9.17) is 11.6 Å². The monoisotopic (exact) mass is 291 g/mol. The van der Waals surface area contributed by atoms with Gasteiger partial charge in [-0.1, -0.05) is 11.6 Å². The van der Waals surface area contributed by atoms with Gasteiger partial charge < -0.3 is 5.11 Å². The zero-order valence-corrected chi connectivity index (χ0v) is 10.7. The SMILES string of the molecule is O=C(O)c1c(-c2cc(F)ccc2Cl)nc2ccncn12. The number of hydrogen-bond acceptors (Lipinski definition) is 3. The van der Waals surface area contributed by atoms with Gasteiger partial charge in [-0.25, -0.2) is 19.2 Å². The lowest BCUT2D eigenvalue weighted by Crippen LogP contribution is -2.04. The standard InChI is InChI=1S/C13H7ClFN3O2/c14-9-2-1-7(15)5-8(9)11-12(13(19)20)18-6-16-4-3-10(18)17-11/h1-6H,(H,19,20). The van der Waals surface area contributed by atoms with Crippen LogP contribution in [0.1, 0.15) is 10.5 Å². The second-order valence-electron chi connectivity index (χ2n) is 4.05. The number of nitrogens with zero attached hydrogens (tertiary/aromatic N) is 3. The molecule has 0 spiro atoms. The Morgan fingerprint density at radius 1 is 1.35 bits per heavy atom. The summed E-state index contributed by atoms with van der Waals surface area (Å²) >= 11 is 6.01. The first-order valence-electron chi connectivity index (χ1n) is 5.58. The normalized spacial score (nSPS) is 10.9. The summed E-state index contributed by atoms with van der Waals surface area (Å²) in [5.41, 5.74) is 0.621. The maximum absolute atomic E-state index is 13.4. The summed E-state index contributed by atoms with van der Waals surface area (Å²) in [6.45, 7) is 0. The molecule has 0 radical (unpaired) electrons. The number of hydrogen-bond donors (Lipinski definition) is 1. The molecule has 0 atom stereocenters. The van der Waals surface area contributed by atoms with E-state index >= 15 is 0 Å². The van der Waals surface area contributed by atoms with Crippen molar-refractivity contribution in [1.82, 2.24) is 14.4 Å². The molecule has 0 fully saturated rings. The molecule has 3 rings (SSSR count). The Morgan fingerprint density at radius 2 is 2.15 bits per heavy atom. The molecule has 100 valence electrons. The van der Waals surface area contributed by atoms with Crippen LogP contribution < -0.4 is 0 Å². The molecule has 7 heteroatoms. The maximum atomic E-state index is 13.4. The van der Waals surface area contributed by atoms with E-state index in [0.29, 0.717) is 5.65 Å². The molecule has 0 bridgehead atoms. The summed E-state index contributed by atoms with van der Waals surface area (Å²) in [6, 6.07) is 5.27. The molecule has 0 saturated heterocycles. The predicted octanol–water partition coefficient (Wildman–Crippen LogP) is 2.89. The number of carboxylic acid groups (broad SMARTS) is 1. The van der Waals surface area contributed by atoms with E-state index in [-0.39, 0.29) is 22.0 Å². The smallest absolute Gasteiger partial charge is 0.355 e. The van der Waals surface area contributed by atoms with Gasteiger partial charge in [0.25, 0.3) is 0 Å². The van der Waals surface area contributed by atoms with E-state index in [2.05, 4.69) is 9.97 Å². The van der Waals surface area contributed by atoms with Crippen molar-refractivity contribution >= 4 is 23.2 Å². The third-order valence-electron chi connectivity index (χ3n) is 2.82. The highest BCUT2D eigenvalue weighted by atomic mass is 35.5. The molecule has 3 aromatic rings. The number of fused-ring (bicyclic) bond motifs is 1. The molecule has 5 nitrogen and oxygen atoms in total. The van der Waals surface area contributed by atoms with Gasteiger partial charge in [-0.05, 0) is 24.3 Å². The van der Waals surface area contributed by atoms with E-state index in [0.717, 1.165) is 6.07 Å². The fourth-order valence-electron chi connectivity index (χ4n) is 1.97. The summed E-state index contributed by atoms with van der Waals surface area (Å²) in [4.78, 5) is 19.5. The van der Waals surface area contributed by atoms with Gasteiger partial charge in [-0.15, -0.1) is 0 Å². The minimum atomic E-state index is -1.19. The van der Waals surface area contributed by atoms with Gasteiger partial charge in [-0.3, -0.25) is 4.40 Å². The number of aromatic carboxylic acids is 1. The maximum Gasteiger partial charge on any atom is 0.355 e. The Bertz CT molecular complexity index is 832. The van der Waals surface area contributed by atoms with Crippen molar-refractivity contribution < 1.29 is 14.3 Å². The summed E-state index contributed by atoms with van der Waals surface area (Å²) < 4.78 is 14.7. The Labute approximate surface area is 117 Å². The first kappa shape index (κ1) is 12.6. The number of carboxylic acids is 1. The minimum Gasteiger partial charge on any atom is -0.476 e. The number of rotatable bonds is 2. The average Bonchev–Trinajstić information content (AvgIpc) is 2.80. The molecule has 20 heavy (non-hydrogen) atoms. The fourth-order valence-corrected chi connectivity index (χ4v) is 2.18. The zero-order chi connectivity index (χ0) is 14.3. The van der Waals surface area contributed by atoms with Gasteiger partial charge in [0.15, 0.2) is 5.69 Å². The third-order valence-corrected chi connectivity index (χ3v) is 3.15. The van der Waals surface area contributed by atoms with Crippen molar-refractivity contribution in [3.63, 3.8) is 0 Å². The van der Waals surface area contributed by atoms with Crippen molar-refractivity contribution in [2.75, 3.05) is 0 Å². The number of benzene rings is 1. The molecule has 0 saturated carbocycles. The number of imidazole rings is 1. The molecule has 0 unspecified atom stereocenters. The Hall–Kier alpha value is -2.47. The number of halogens is 2. The Balaban J connectivity index is 2.38. The van der Waals surface area contributed by atoms with Crippen LogP contribution in [0.2, 0.25) is 5.02 Å². The fraction of sp³-hybridized carbons (Fsp3) is 0. The summed E-state index contributed by atoms with van der Waals surface area (Å²) in [7, 11) is 0. The summed E-state index contributed by atoms with van der Waals surface area (Å²) in [6.07, 6.45) is 2.83. The van der Waals surface area contributed by atoms with Crippen LogP contribution in [0, 0.1) is 5.82 Å².